The Morgan fingerprint density at radius 2 is 1.80 bits per heavy atom. The van der Waals surface area contributed by atoms with Gasteiger partial charge in [-0.15, -0.1) is 0 Å². The van der Waals surface area contributed by atoms with E-state index in [1.165, 1.54) is 16.8 Å². The number of aryl methyl sites for hydroxylation is 2. The first kappa shape index (κ1) is 17.5. The minimum Gasteiger partial charge on any atom is -0.378 e. The summed E-state index contributed by atoms with van der Waals surface area (Å²) < 4.78 is 5.39. The van der Waals surface area contributed by atoms with Crippen LogP contribution in [-0.2, 0) is 16.0 Å². The first-order valence-corrected chi connectivity index (χ1v) is 8.91. The Hall–Kier alpha value is -2.33. The third kappa shape index (κ3) is 4.60. The lowest BCUT2D eigenvalue weighted by atomic mass is 10.1. The standard InChI is InChI=1S/C21H26N2O2/c1-16-4-3-5-20(17(16)2)22-21(24)11-8-18-6-9-19(10-7-18)23-12-14-25-15-13-23/h3-7,9-10H,8,11-15H2,1-2H3,(H,22,24). The van der Waals surface area contributed by atoms with Gasteiger partial charge < -0.3 is 15.0 Å². The van der Waals surface area contributed by atoms with Gasteiger partial charge in [-0.1, -0.05) is 24.3 Å². The van der Waals surface area contributed by atoms with Crippen molar-refractivity contribution in [2.24, 2.45) is 0 Å². The molecule has 1 saturated heterocycles. The average Bonchev–Trinajstić information content (AvgIpc) is 2.65. The molecule has 25 heavy (non-hydrogen) atoms. The van der Waals surface area contributed by atoms with E-state index in [9.17, 15) is 4.79 Å². The van der Waals surface area contributed by atoms with Crippen LogP contribution in [0, 0.1) is 13.8 Å². The minimum atomic E-state index is 0.0611. The number of benzene rings is 2. The maximum Gasteiger partial charge on any atom is 0.224 e. The summed E-state index contributed by atoms with van der Waals surface area (Å²) in [6, 6.07) is 14.5. The van der Waals surface area contributed by atoms with Crippen LogP contribution in [0.15, 0.2) is 42.5 Å². The Balaban J connectivity index is 1.52. The molecule has 0 spiro atoms. The molecule has 0 aliphatic carbocycles. The molecular weight excluding hydrogens is 312 g/mol. The zero-order valence-electron chi connectivity index (χ0n) is 15.0. The van der Waals surface area contributed by atoms with Gasteiger partial charge in [0.05, 0.1) is 13.2 Å². The number of amides is 1. The zero-order valence-corrected chi connectivity index (χ0v) is 15.0. The summed E-state index contributed by atoms with van der Waals surface area (Å²) >= 11 is 0. The quantitative estimate of drug-likeness (QED) is 0.903. The molecule has 1 aliphatic heterocycles. The van der Waals surface area contributed by atoms with E-state index in [0.29, 0.717) is 6.42 Å². The summed E-state index contributed by atoms with van der Waals surface area (Å²) in [5.41, 5.74) is 5.65. The number of morpholine rings is 1. The molecule has 0 saturated carbocycles. The number of ether oxygens (including phenoxy) is 1. The summed E-state index contributed by atoms with van der Waals surface area (Å²) in [5, 5.41) is 3.02. The molecule has 0 atom stereocenters. The fourth-order valence-corrected chi connectivity index (χ4v) is 3.05. The van der Waals surface area contributed by atoms with Gasteiger partial charge in [0.25, 0.3) is 0 Å². The topological polar surface area (TPSA) is 41.6 Å². The molecule has 0 radical (unpaired) electrons. The summed E-state index contributed by atoms with van der Waals surface area (Å²) in [6.45, 7) is 7.56. The van der Waals surface area contributed by atoms with Gasteiger partial charge >= 0.3 is 0 Å². The van der Waals surface area contributed by atoms with Crippen LogP contribution >= 0.6 is 0 Å². The number of hydrogen-bond acceptors (Lipinski definition) is 3. The molecule has 2 aromatic rings. The van der Waals surface area contributed by atoms with Crippen LogP contribution in [0.5, 0.6) is 0 Å². The highest BCUT2D eigenvalue weighted by atomic mass is 16.5. The molecule has 0 aromatic heterocycles. The van der Waals surface area contributed by atoms with Crippen LogP contribution in [0.1, 0.15) is 23.1 Å². The lowest BCUT2D eigenvalue weighted by molar-refractivity contribution is -0.116. The van der Waals surface area contributed by atoms with Crippen molar-refractivity contribution < 1.29 is 9.53 Å². The predicted molar refractivity (Wildman–Crippen MR) is 102 cm³/mol. The highest BCUT2D eigenvalue weighted by molar-refractivity contribution is 5.91. The van der Waals surface area contributed by atoms with Crippen molar-refractivity contribution in [2.45, 2.75) is 26.7 Å². The van der Waals surface area contributed by atoms with Crippen molar-refractivity contribution in [3.05, 3.63) is 59.2 Å². The summed E-state index contributed by atoms with van der Waals surface area (Å²) in [5.74, 6) is 0.0611. The van der Waals surface area contributed by atoms with Crippen LogP contribution in [0.4, 0.5) is 11.4 Å². The van der Waals surface area contributed by atoms with E-state index in [0.717, 1.165) is 44.0 Å². The van der Waals surface area contributed by atoms with Gasteiger partial charge in [-0.3, -0.25) is 4.79 Å². The highest BCUT2D eigenvalue weighted by Crippen LogP contribution is 2.19. The van der Waals surface area contributed by atoms with Crippen molar-refractivity contribution in [1.82, 2.24) is 0 Å². The van der Waals surface area contributed by atoms with Crippen LogP contribution in [0.25, 0.3) is 0 Å². The molecule has 1 aliphatic rings. The second-order valence-corrected chi connectivity index (χ2v) is 6.56. The van der Waals surface area contributed by atoms with Crippen LogP contribution in [0.3, 0.4) is 0 Å². The van der Waals surface area contributed by atoms with Gasteiger partial charge in [-0.2, -0.15) is 0 Å². The van der Waals surface area contributed by atoms with E-state index >= 15 is 0 Å². The molecule has 1 fully saturated rings. The molecule has 1 heterocycles. The largest absolute Gasteiger partial charge is 0.378 e. The van der Waals surface area contributed by atoms with Gasteiger partial charge in [-0.05, 0) is 55.2 Å². The SMILES string of the molecule is Cc1cccc(NC(=O)CCc2ccc(N3CCOCC3)cc2)c1C. The molecule has 0 bridgehead atoms. The molecule has 2 aromatic carbocycles. The monoisotopic (exact) mass is 338 g/mol. The zero-order chi connectivity index (χ0) is 17.6. The number of anilines is 2. The van der Waals surface area contributed by atoms with E-state index in [1.807, 2.05) is 19.1 Å². The normalized spacial score (nSPS) is 14.4. The number of nitrogens with zero attached hydrogens (tertiary/aromatic N) is 1. The Morgan fingerprint density at radius 3 is 2.52 bits per heavy atom. The number of rotatable bonds is 5. The minimum absolute atomic E-state index is 0.0611. The van der Waals surface area contributed by atoms with E-state index in [-0.39, 0.29) is 5.91 Å². The predicted octanol–water partition coefficient (Wildman–Crippen LogP) is 3.71. The van der Waals surface area contributed by atoms with Crippen molar-refractivity contribution in [1.29, 1.82) is 0 Å². The Labute approximate surface area is 149 Å². The molecular formula is C21H26N2O2. The maximum atomic E-state index is 12.2. The average molecular weight is 338 g/mol. The summed E-state index contributed by atoms with van der Waals surface area (Å²) in [7, 11) is 0. The van der Waals surface area contributed by atoms with Gasteiger partial charge in [0.2, 0.25) is 5.91 Å². The molecule has 0 unspecified atom stereocenters. The molecule has 132 valence electrons. The van der Waals surface area contributed by atoms with Crippen LogP contribution in [0.2, 0.25) is 0 Å². The number of hydrogen-bond donors (Lipinski definition) is 1. The Bertz CT molecular complexity index is 719. The van der Waals surface area contributed by atoms with Crippen LogP contribution < -0.4 is 10.2 Å². The fourth-order valence-electron chi connectivity index (χ4n) is 3.05. The highest BCUT2D eigenvalue weighted by Gasteiger charge is 2.11. The van der Waals surface area contributed by atoms with Gasteiger partial charge in [0.1, 0.15) is 0 Å². The molecule has 1 amide bonds. The molecule has 4 heteroatoms. The van der Waals surface area contributed by atoms with Gasteiger partial charge in [0.15, 0.2) is 0 Å². The Kier molecular flexibility index (Phi) is 5.71. The first-order valence-electron chi connectivity index (χ1n) is 8.91. The van der Waals surface area contributed by atoms with Crippen molar-refractivity contribution in [3.8, 4) is 0 Å². The Morgan fingerprint density at radius 1 is 1.08 bits per heavy atom. The van der Waals surface area contributed by atoms with E-state index in [2.05, 4.69) is 47.5 Å². The van der Waals surface area contributed by atoms with Crippen LogP contribution in [-0.4, -0.2) is 32.2 Å². The second kappa shape index (κ2) is 8.17. The second-order valence-electron chi connectivity index (χ2n) is 6.56. The molecule has 3 rings (SSSR count). The van der Waals surface area contributed by atoms with E-state index in [1.54, 1.807) is 0 Å². The summed E-state index contributed by atoms with van der Waals surface area (Å²) in [4.78, 5) is 14.6. The fraction of sp³-hybridized carbons (Fsp3) is 0.381. The molecule has 4 nitrogen and oxygen atoms in total. The maximum absolute atomic E-state index is 12.2. The third-order valence-corrected chi connectivity index (χ3v) is 4.83. The van der Waals surface area contributed by atoms with E-state index < -0.39 is 0 Å². The smallest absolute Gasteiger partial charge is 0.224 e. The van der Waals surface area contributed by atoms with E-state index in [4.69, 9.17) is 4.74 Å². The first-order chi connectivity index (χ1) is 12.1. The molecule has 1 N–H and O–H groups in total. The lowest BCUT2D eigenvalue weighted by Crippen LogP contribution is -2.36. The van der Waals surface area contributed by atoms with Crippen molar-refractivity contribution in [3.63, 3.8) is 0 Å². The van der Waals surface area contributed by atoms with Gasteiger partial charge in [0, 0.05) is 30.9 Å². The number of nitrogens with one attached hydrogen (secondary N) is 1. The van der Waals surface area contributed by atoms with Gasteiger partial charge in [-0.25, -0.2) is 0 Å². The number of carbonyl (C=O) groups excluding carboxylic acids is 1. The number of carbonyl (C=O) groups is 1. The van der Waals surface area contributed by atoms with Crippen molar-refractivity contribution in [2.75, 3.05) is 36.5 Å². The lowest BCUT2D eigenvalue weighted by Gasteiger charge is -2.28. The summed E-state index contributed by atoms with van der Waals surface area (Å²) in [6.07, 6.45) is 1.24. The van der Waals surface area contributed by atoms with Crippen molar-refractivity contribution >= 4 is 17.3 Å². The third-order valence-electron chi connectivity index (χ3n) is 4.83.